The van der Waals surface area contributed by atoms with Crippen molar-refractivity contribution in [1.82, 2.24) is 15.0 Å². The van der Waals surface area contributed by atoms with Gasteiger partial charge in [-0.3, -0.25) is 19.2 Å². The Labute approximate surface area is 275 Å². The number of hydrogen-bond donors (Lipinski definition) is 2. The molecule has 1 fully saturated rings. The topological polar surface area (TPSA) is 130 Å². The number of aryl methyl sites for hydroxylation is 1. The summed E-state index contributed by atoms with van der Waals surface area (Å²) in [4.78, 5) is 41.9. The van der Waals surface area contributed by atoms with Gasteiger partial charge >= 0.3 is 0 Å². The van der Waals surface area contributed by atoms with Crippen molar-refractivity contribution < 1.29 is 29.0 Å². The molecule has 1 aromatic heterocycles. The lowest BCUT2D eigenvalue weighted by Gasteiger charge is -2.32. The number of carbonyl (C=O) groups is 2. The first-order valence-corrected chi connectivity index (χ1v) is 18.9. The van der Waals surface area contributed by atoms with Crippen molar-refractivity contribution >= 4 is 37.7 Å². The number of aliphatic hydroxyl groups excluding tert-OH is 1. The SMILES string of the molecule is COc1ccc2c(c1)[C@]1(O[C@@H](CCn3cc(CCO)nn3)[C@H]([Si](C)(C)O)[C@H]1C)C(=O)N2Cc1cccc(N(C=O)c2ccccc2)c1. The largest absolute Gasteiger partial charge is 0.497 e. The summed E-state index contributed by atoms with van der Waals surface area (Å²) in [6, 6.07) is 22.6. The normalized spacial score (nSPS) is 22.1. The van der Waals surface area contributed by atoms with Crippen LogP contribution in [0.1, 0.15) is 30.2 Å². The molecule has 6 rings (SSSR count). The Bertz CT molecular complexity index is 1740. The van der Waals surface area contributed by atoms with E-state index in [1.54, 1.807) is 27.8 Å². The van der Waals surface area contributed by atoms with Gasteiger partial charge in [0.25, 0.3) is 5.91 Å². The molecule has 2 N–H and O–H groups in total. The van der Waals surface area contributed by atoms with E-state index < -0.39 is 20.0 Å². The molecule has 0 radical (unpaired) electrons. The lowest BCUT2D eigenvalue weighted by Crippen LogP contribution is -2.46. The van der Waals surface area contributed by atoms with Gasteiger partial charge in [-0.05, 0) is 67.5 Å². The van der Waals surface area contributed by atoms with Crippen molar-refractivity contribution in [2.75, 3.05) is 23.5 Å². The third kappa shape index (κ3) is 5.97. The van der Waals surface area contributed by atoms with Gasteiger partial charge in [-0.1, -0.05) is 42.5 Å². The van der Waals surface area contributed by atoms with E-state index in [9.17, 15) is 19.5 Å². The van der Waals surface area contributed by atoms with Crippen LogP contribution in [0.5, 0.6) is 5.75 Å². The number of ether oxygens (including phenoxy) is 2. The number of rotatable bonds is 12. The van der Waals surface area contributed by atoms with Gasteiger partial charge in [0.1, 0.15) is 5.75 Å². The zero-order chi connectivity index (χ0) is 33.3. The first-order valence-electron chi connectivity index (χ1n) is 15.9. The van der Waals surface area contributed by atoms with Gasteiger partial charge < -0.3 is 24.3 Å². The van der Waals surface area contributed by atoms with Gasteiger partial charge in [0.15, 0.2) is 13.9 Å². The van der Waals surface area contributed by atoms with E-state index >= 15 is 0 Å². The molecule has 47 heavy (non-hydrogen) atoms. The number of amides is 2. The molecule has 1 saturated heterocycles. The Morgan fingerprint density at radius 3 is 2.55 bits per heavy atom. The molecular weight excluding hydrogens is 615 g/mol. The second kappa shape index (κ2) is 13.0. The number of aromatic nitrogens is 3. The highest BCUT2D eigenvalue weighted by Crippen LogP contribution is 2.60. The van der Waals surface area contributed by atoms with E-state index in [1.165, 1.54) is 0 Å². The van der Waals surface area contributed by atoms with Crippen LogP contribution < -0.4 is 14.5 Å². The van der Waals surface area contributed by atoms with Gasteiger partial charge in [-0.2, -0.15) is 0 Å². The van der Waals surface area contributed by atoms with Gasteiger partial charge in [-0.15, -0.1) is 5.10 Å². The van der Waals surface area contributed by atoms with E-state index in [2.05, 4.69) is 10.3 Å². The van der Waals surface area contributed by atoms with Crippen LogP contribution >= 0.6 is 0 Å². The molecule has 2 aliphatic rings. The monoisotopic (exact) mass is 655 g/mol. The number of hydrogen-bond acceptors (Lipinski definition) is 8. The van der Waals surface area contributed by atoms with E-state index in [-0.39, 0.29) is 30.5 Å². The first-order chi connectivity index (χ1) is 22.6. The Hall–Kier alpha value is -4.36. The van der Waals surface area contributed by atoms with Crippen LogP contribution in [0.3, 0.4) is 0 Å². The molecule has 4 aromatic rings. The summed E-state index contributed by atoms with van der Waals surface area (Å²) in [6.45, 7) is 6.55. The smallest absolute Gasteiger partial charge is 0.264 e. The summed E-state index contributed by atoms with van der Waals surface area (Å²) in [5.41, 5.74) is 2.85. The summed E-state index contributed by atoms with van der Waals surface area (Å²) in [5, 5.41) is 17.6. The molecule has 4 atom stereocenters. The highest BCUT2D eigenvalue weighted by molar-refractivity contribution is 6.71. The van der Waals surface area contributed by atoms with Crippen molar-refractivity contribution in [3.05, 3.63) is 95.8 Å². The number of para-hydroxylation sites is 1. The Kier molecular flexibility index (Phi) is 9.03. The third-order valence-electron chi connectivity index (χ3n) is 9.46. The van der Waals surface area contributed by atoms with Crippen LogP contribution in [0, 0.1) is 5.92 Å². The third-order valence-corrected chi connectivity index (χ3v) is 12.0. The van der Waals surface area contributed by atoms with Gasteiger partial charge in [-0.25, -0.2) is 0 Å². The lowest BCUT2D eigenvalue weighted by molar-refractivity contribution is -0.146. The number of benzene rings is 3. The molecule has 0 unspecified atom stereocenters. The number of carbonyl (C=O) groups excluding carboxylic acids is 2. The summed E-state index contributed by atoms with van der Waals surface area (Å²) in [5.74, 6) is 0.0866. The number of methoxy groups -OCH3 is 1. The number of aliphatic hydroxyl groups is 1. The van der Waals surface area contributed by atoms with Gasteiger partial charge in [0, 0.05) is 54.2 Å². The average molecular weight is 656 g/mol. The lowest BCUT2D eigenvalue weighted by atomic mass is 9.82. The zero-order valence-electron chi connectivity index (χ0n) is 27.1. The molecule has 246 valence electrons. The minimum Gasteiger partial charge on any atom is -0.497 e. The molecule has 0 aliphatic carbocycles. The fourth-order valence-corrected chi connectivity index (χ4v) is 10.00. The maximum Gasteiger partial charge on any atom is 0.264 e. The average Bonchev–Trinajstić information content (AvgIpc) is 3.71. The van der Waals surface area contributed by atoms with Crippen LogP contribution in [0.4, 0.5) is 17.1 Å². The fraction of sp³-hybridized carbons (Fsp3) is 0.371. The molecule has 3 heterocycles. The minimum absolute atomic E-state index is 0.00894. The van der Waals surface area contributed by atoms with Crippen molar-refractivity contribution in [2.45, 2.75) is 63.2 Å². The molecular formula is C35H41N5O6Si. The van der Waals surface area contributed by atoms with E-state index in [1.807, 2.05) is 92.8 Å². The standard InChI is InChI=1S/C35H41N5O6Si/c1-24-33(47(3,4)44)32(15-17-38-22-26(16-18-41)36-37-38)46-35(24)30-20-29(45-2)13-14-31(30)39(34(35)43)21-25-9-8-12-28(19-25)40(23-42)27-10-6-5-7-11-27/h5-14,19-20,22-24,32-33,41,44H,15-18,21H2,1-4H3/t24-,32+,33-,35+/m1/s1. The highest BCUT2D eigenvalue weighted by atomic mass is 28.4. The maximum atomic E-state index is 14.8. The molecule has 1 spiro atoms. The second-order valence-corrected chi connectivity index (χ2v) is 16.8. The van der Waals surface area contributed by atoms with E-state index in [4.69, 9.17) is 9.47 Å². The van der Waals surface area contributed by atoms with E-state index in [0.29, 0.717) is 36.5 Å². The molecule has 11 nitrogen and oxygen atoms in total. The summed E-state index contributed by atoms with van der Waals surface area (Å²) in [6.07, 6.45) is 3.12. The Morgan fingerprint density at radius 1 is 1.09 bits per heavy atom. The highest BCUT2D eigenvalue weighted by Gasteiger charge is 2.66. The van der Waals surface area contributed by atoms with Crippen molar-refractivity contribution in [2.24, 2.45) is 5.92 Å². The first kappa shape index (κ1) is 32.6. The number of fused-ring (bicyclic) bond motifs is 2. The number of nitrogens with zero attached hydrogens (tertiary/aromatic N) is 5. The quantitative estimate of drug-likeness (QED) is 0.168. The van der Waals surface area contributed by atoms with Crippen LogP contribution in [0.2, 0.25) is 18.6 Å². The van der Waals surface area contributed by atoms with Crippen molar-refractivity contribution in [3.8, 4) is 5.75 Å². The Balaban J connectivity index is 1.35. The Morgan fingerprint density at radius 2 is 1.85 bits per heavy atom. The van der Waals surface area contributed by atoms with Crippen LogP contribution in [-0.4, -0.2) is 65.4 Å². The molecule has 3 aromatic carbocycles. The summed E-state index contributed by atoms with van der Waals surface area (Å²) >= 11 is 0. The van der Waals surface area contributed by atoms with Gasteiger partial charge in [0.2, 0.25) is 6.41 Å². The van der Waals surface area contributed by atoms with E-state index in [0.717, 1.165) is 28.9 Å². The molecule has 0 saturated carbocycles. The van der Waals surface area contributed by atoms with Crippen LogP contribution in [0.25, 0.3) is 0 Å². The number of anilines is 3. The van der Waals surface area contributed by atoms with Crippen molar-refractivity contribution in [3.63, 3.8) is 0 Å². The molecule has 12 heteroatoms. The van der Waals surface area contributed by atoms with Gasteiger partial charge in [0.05, 0.1) is 31.1 Å². The maximum absolute atomic E-state index is 14.8. The zero-order valence-corrected chi connectivity index (χ0v) is 28.1. The minimum atomic E-state index is -2.86. The van der Waals surface area contributed by atoms with Crippen molar-refractivity contribution in [1.29, 1.82) is 0 Å². The summed E-state index contributed by atoms with van der Waals surface area (Å²) in [7, 11) is -1.26. The van der Waals surface area contributed by atoms with Crippen LogP contribution in [0.15, 0.2) is 79.0 Å². The molecule has 2 amide bonds. The fourth-order valence-electron chi connectivity index (χ4n) is 7.39. The molecule has 0 bridgehead atoms. The predicted octanol–water partition coefficient (Wildman–Crippen LogP) is 4.55. The second-order valence-electron chi connectivity index (χ2n) is 12.9. The summed E-state index contributed by atoms with van der Waals surface area (Å²) < 4.78 is 14.3. The van der Waals surface area contributed by atoms with Crippen LogP contribution in [-0.2, 0) is 39.4 Å². The molecule has 2 aliphatic heterocycles. The predicted molar refractivity (Wildman–Crippen MR) is 180 cm³/mol.